The minimum atomic E-state index is -0.554. The largest absolute Gasteiger partial charge is 0.493 e. The molecule has 4 bridgehead atoms. The highest BCUT2D eigenvalue weighted by molar-refractivity contribution is 5.95. The monoisotopic (exact) mass is 604 g/mol. The molecule has 3 aromatic rings. The lowest BCUT2D eigenvalue weighted by molar-refractivity contribution is -0.123. The summed E-state index contributed by atoms with van der Waals surface area (Å²) in [6.45, 7) is 1.93. The highest BCUT2D eigenvalue weighted by atomic mass is 19.1. The Labute approximate surface area is 253 Å². The summed E-state index contributed by atoms with van der Waals surface area (Å²) in [6, 6.07) is 8.41. The van der Waals surface area contributed by atoms with E-state index in [-0.39, 0.29) is 41.8 Å². The molecule has 3 aliphatic heterocycles. The van der Waals surface area contributed by atoms with Crippen molar-refractivity contribution in [2.45, 2.75) is 38.0 Å². The number of amides is 3. The molecule has 2 aromatic carbocycles. The van der Waals surface area contributed by atoms with E-state index in [2.05, 4.69) is 20.6 Å². The van der Waals surface area contributed by atoms with Crippen LogP contribution < -0.4 is 29.7 Å². The van der Waals surface area contributed by atoms with Gasteiger partial charge in [-0.2, -0.15) is 0 Å². The van der Waals surface area contributed by atoms with Gasteiger partial charge in [0.25, 0.3) is 17.7 Å². The molecule has 0 spiro atoms. The third kappa shape index (κ3) is 6.51. The second-order valence-electron chi connectivity index (χ2n) is 11.0. The Hall–Kier alpha value is -4.94. The molecule has 6 rings (SSSR count). The Morgan fingerprint density at radius 3 is 2.75 bits per heavy atom. The number of fused-ring (bicyclic) bond motifs is 5. The van der Waals surface area contributed by atoms with Crippen LogP contribution in [-0.4, -0.2) is 84.6 Å². The predicted octanol–water partition coefficient (Wildman–Crippen LogP) is 2.33. The summed E-state index contributed by atoms with van der Waals surface area (Å²) >= 11 is 0. The maximum absolute atomic E-state index is 14.6. The van der Waals surface area contributed by atoms with Crippen molar-refractivity contribution in [3.05, 3.63) is 71.4 Å². The molecule has 0 aliphatic carbocycles. The van der Waals surface area contributed by atoms with Gasteiger partial charge in [-0.15, -0.1) is 0 Å². The first kappa shape index (κ1) is 29.1. The number of anilines is 1. The standard InChI is InChI=1S/C31H33FN6O6/c1-42-26-5-4-20-12-27(26)43-18-29(39)34-14-19-10-21(32)13-22(11-19)44-25-6-9-38(17-24(25)36-30(20)40)28-16-33-15-23(35-28)31(41)37-7-2-3-8-37/h4-5,10-13,15-16,24-25H,2-3,6-9,14,17-18H2,1H3,(H,34,39)(H,36,40)/t24-,25+/m0/s1. The van der Waals surface area contributed by atoms with Crippen molar-refractivity contribution in [1.82, 2.24) is 25.5 Å². The summed E-state index contributed by atoms with van der Waals surface area (Å²) in [5.41, 5.74) is 1.07. The predicted molar refractivity (Wildman–Crippen MR) is 156 cm³/mol. The van der Waals surface area contributed by atoms with Crippen LogP contribution in [0.3, 0.4) is 0 Å². The molecule has 2 saturated heterocycles. The summed E-state index contributed by atoms with van der Waals surface area (Å²) in [6.07, 6.45) is 4.94. The highest BCUT2D eigenvalue weighted by Crippen LogP contribution is 2.29. The third-order valence-electron chi connectivity index (χ3n) is 7.92. The Morgan fingerprint density at radius 2 is 1.93 bits per heavy atom. The summed E-state index contributed by atoms with van der Waals surface area (Å²) in [7, 11) is 1.46. The number of ether oxygens (including phenoxy) is 3. The maximum Gasteiger partial charge on any atom is 0.274 e. The average molecular weight is 605 g/mol. The van der Waals surface area contributed by atoms with E-state index in [0.717, 1.165) is 12.8 Å². The fourth-order valence-corrected chi connectivity index (χ4v) is 5.65. The van der Waals surface area contributed by atoms with Crippen molar-refractivity contribution in [2.24, 2.45) is 0 Å². The Bertz CT molecular complexity index is 1560. The zero-order valence-electron chi connectivity index (χ0n) is 24.3. The van der Waals surface area contributed by atoms with Crippen LogP contribution in [0.25, 0.3) is 0 Å². The molecule has 230 valence electrons. The van der Waals surface area contributed by atoms with Gasteiger partial charge >= 0.3 is 0 Å². The van der Waals surface area contributed by atoms with Crippen molar-refractivity contribution in [3.8, 4) is 17.2 Å². The van der Waals surface area contributed by atoms with Crippen LogP contribution in [0.15, 0.2) is 48.8 Å². The number of likely N-dealkylation sites (tertiary alicyclic amines) is 1. The first-order valence-electron chi connectivity index (χ1n) is 14.6. The summed E-state index contributed by atoms with van der Waals surface area (Å²) < 4.78 is 31.9. The number of hydrogen-bond donors (Lipinski definition) is 2. The zero-order chi connectivity index (χ0) is 30.6. The van der Waals surface area contributed by atoms with Gasteiger partial charge in [0.05, 0.1) is 25.5 Å². The van der Waals surface area contributed by atoms with Crippen molar-refractivity contribution in [3.63, 3.8) is 0 Å². The van der Waals surface area contributed by atoms with Gasteiger partial charge in [-0.1, -0.05) is 0 Å². The van der Waals surface area contributed by atoms with Gasteiger partial charge in [0.2, 0.25) is 0 Å². The van der Waals surface area contributed by atoms with Gasteiger partial charge in [-0.05, 0) is 48.7 Å². The molecule has 4 heterocycles. The first-order chi connectivity index (χ1) is 21.4. The highest BCUT2D eigenvalue weighted by Gasteiger charge is 2.34. The van der Waals surface area contributed by atoms with Crippen LogP contribution in [0.5, 0.6) is 17.2 Å². The van der Waals surface area contributed by atoms with E-state index in [1.807, 2.05) is 4.90 Å². The second kappa shape index (κ2) is 12.7. The third-order valence-corrected chi connectivity index (χ3v) is 7.92. The molecule has 2 atom stereocenters. The van der Waals surface area contributed by atoms with Crippen LogP contribution in [-0.2, 0) is 11.3 Å². The van der Waals surface area contributed by atoms with Crippen molar-refractivity contribution in [1.29, 1.82) is 0 Å². The molecular formula is C31H33FN6O6. The first-order valence-corrected chi connectivity index (χ1v) is 14.6. The number of carbonyl (C=O) groups excluding carboxylic acids is 3. The molecule has 0 saturated carbocycles. The van der Waals surface area contributed by atoms with Gasteiger partial charge in [0, 0.05) is 50.8 Å². The number of hydrogen-bond acceptors (Lipinski definition) is 9. The number of nitrogens with one attached hydrogen (secondary N) is 2. The van der Waals surface area contributed by atoms with E-state index in [1.165, 1.54) is 31.5 Å². The number of halogens is 1. The number of benzene rings is 2. The van der Waals surface area contributed by atoms with E-state index in [1.54, 1.807) is 29.3 Å². The number of rotatable bonds is 3. The molecule has 2 fully saturated rings. The second-order valence-corrected chi connectivity index (χ2v) is 11.0. The molecular weight excluding hydrogens is 571 g/mol. The van der Waals surface area contributed by atoms with Crippen LogP contribution >= 0.6 is 0 Å². The number of nitrogens with zero attached hydrogens (tertiary/aromatic N) is 4. The molecule has 12 nitrogen and oxygen atoms in total. The maximum atomic E-state index is 14.6. The number of methoxy groups -OCH3 is 1. The van der Waals surface area contributed by atoms with Crippen LogP contribution in [0.1, 0.15) is 45.7 Å². The molecule has 3 aliphatic rings. The van der Waals surface area contributed by atoms with E-state index in [9.17, 15) is 18.8 Å². The zero-order valence-corrected chi connectivity index (χ0v) is 24.3. The van der Waals surface area contributed by atoms with E-state index < -0.39 is 29.8 Å². The quantitative estimate of drug-likeness (QED) is 0.462. The van der Waals surface area contributed by atoms with Crippen LogP contribution in [0, 0.1) is 5.82 Å². The normalized spacial score (nSPS) is 20.5. The number of carbonyl (C=O) groups is 3. The minimum Gasteiger partial charge on any atom is -0.493 e. The van der Waals surface area contributed by atoms with Gasteiger partial charge < -0.3 is 34.6 Å². The van der Waals surface area contributed by atoms with Crippen LogP contribution in [0.4, 0.5) is 10.2 Å². The van der Waals surface area contributed by atoms with Crippen LogP contribution in [0.2, 0.25) is 0 Å². The molecule has 2 N–H and O–H groups in total. The molecule has 3 amide bonds. The van der Waals surface area contributed by atoms with Gasteiger partial charge in [-0.25, -0.2) is 9.37 Å². The van der Waals surface area contributed by atoms with Gasteiger partial charge in [0.1, 0.15) is 29.2 Å². The molecule has 0 unspecified atom stereocenters. The van der Waals surface area contributed by atoms with E-state index in [0.29, 0.717) is 49.7 Å². The fourth-order valence-electron chi connectivity index (χ4n) is 5.65. The summed E-state index contributed by atoms with van der Waals surface area (Å²) in [5, 5.41) is 5.77. The average Bonchev–Trinajstić information content (AvgIpc) is 3.58. The molecule has 44 heavy (non-hydrogen) atoms. The topological polar surface area (TPSA) is 135 Å². The Kier molecular flexibility index (Phi) is 8.44. The van der Waals surface area contributed by atoms with Gasteiger partial charge in [0.15, 0.2) is 18.1 Å². The van der Waals surface area contributed by atoms with E-state index in [4.69, 9.17) is 14.2 Å². The number of piperidine rings is 1. The Morgan fingerprint density at radius 1 is 1.09 bits per heavy atom. The molecule has 1 aromatic heterocycles. The smallest absolute Gasteiger partial charge is 0.274 e. The van der Waals surface area contributed by atoms with E-state index >= 15 is 0 Å². The minimum absolute atomic E-state index is 0.0667. The van der Waals surface area contributed by atoms with Crippen molar-refractivity contribution in [2.75, 3.05) is 44.8 Å². The summed E-state index contributed by atoms with van der Waals surface area (Å²) in [5.74, 6) is -0.124. The van der Waals surface area contributed by atoms with Gasteiger partial charge in [-0.3, -0.25) is 19.4 Å². The lowest BCUT2D eigenvalue weighted by atomic mass is 10.0. The molecule has 13 heteroatoms. The summed E-state index contributed by atoms with van der Waals surface area (Å²) in [4.78, 5) is 51.6. The van der Waals surface area contributed by atoms with Crippen molar-refractivity contribution < 1.29 is 33.0 Å². The fraction of sp³-hybridized carbons (Fsp3) is 0.387. The number of aromatic nitrogens is 2. The SMILES string of the molecule is COc1ccc2cc1OCC(=O)NCc1cc(F)cc(c1)O[C@@H]1CCN(c3cncc(C(=O)N4CCCC4)n3)C[C@@H]1NC2=O. The Balaban J connectivity index is 1.30. The van der Waals surface area contributed by atoms with Crippen molar-refractivity contribution >= 4 is 23.5 Å². The lowest BCUT2D eigenvalue weighted by Gasteiger charge is -2.39. The lowest BCUT2D eigenvalue weighted by Crippen LogP contribution is -2.57. The molecule has 0 radical (unpaired) electrons.